The van der Waals surface area contributed by atoms with Crippen LogP contribution in [0, 0.1) is 5.92 Å². The lowest BCUT2D eigenvalue weighted by Gasteiger charge is -2.29. The summed E-state index contributed by atoms with van der Waals surface area (Å²) >= 11 is 0. The average Bonchev–Trinajstić information content (AvgIpc) is 2.44. The van der Waals surface area contributed by atoms with Gasteiger partial charge in [-0.05, 0) is 12.3 Å². The lowest BCUT2D eigenvalue weighted by Crippen LogP contribution is -2.57. The van der Waals surface area contributed by atoms with Gasteiger partial charge in [0.1, 0.15) is 12.1 Å². The van der Waals surface area contributed by atoms with Crippen molar-refractivity contribution in [2.24, 2.45) is 5.92 Å². The summed E-state index contributed by atoms with van der Waals surface area (Å²) < 4.78 is 0. The van der Waals surface area contributed by atoms with Crippen molar-refractivity contribution in [2.45, 2.75) is 45.2 Å². The van der Waals surface area contributed by atoms with Crippen molar-refractivity contribution in [1.29, 1.82) is 0 Å². The smallest absolute Gasteiger partial charge is 0.326 e. The van der Waals surface area contributed by atoms with Crippen LogP contribution in [0.3, 0.4) is 0 Å². The molecule has 0 saturated carbocycles. The second-order valence-corrected chi connectivity index (χ2v) is 5.20. The van der Waals surface area contributed by atoms with Gasteiger partial charge in [-0.3, -0.25) is 14.5 Å². The molecule has 1 aliphatic heterocycles. The summed E-state index contributed by atoms with van der Waals surface area (Å²) in [7, 11) is 1.36. The van der Waals surface area contributed by atoms with Crippen LogP contribution in [0.1, 0.15) is 33.1 Å². The third-order valence-electron chi connectivity index (χ3n) is 3.72. The van der Waals surface area contributed by atoms with Crippen LogP contribution < -0.4 is 10.6 Å². The third kappa shape index (κ3) is 4.17. The fourth-order valence-electron chi connectivity index (χ4n) is 2.07. The number of aliphatic carboxylic acids is 1. The monoisotopic (exact) mass is 299 g/mol. The van der Waals surface area contributed by atoms with E-state index in [1.807, 2.05) is 6.92 Å². The summed E-state index contributed by atoms with van der Waals surface area (Å²) in [4.78, 5) is 47.1. The van der Waals surface area contributed by atoms with Crippen LogP contribution in [0.5, 0.6) is 0 Å². The van der Waals surface area contributed by atoms with E-state index in [-0.39, 0.29) is 24.7 Å². The number of carboxylic acid groups (broad SMARTS) is 1. The number of hydrogen-bond donors (Lipinski definition) is 3. The van der Waals surface area contributed by atoms with Crippen molar-refractivity contribution in [3.05, 3.63) is 0 Å². The Bertz CT molecular complexity index is 451. The minimum Gasteiger partial charge on any atom is -0.480 e. The van der Waals surface area contributed by atoms with E-state index >= 15 is 0 Å². The first kappa shape index (κ1) is 16.9. The fourth-order valence-corrected chi connectivity index (χ4v) is 2.07. The maximum Gasteiger partial charge on any atom is 0.326 e. The molecule has 3 unspecified atom stereocenters. The molecule has 1 rings (SSSR count). The molecule has 1 aliphatic rings. The van der Waals surface area contributed by atoms with E-state index < -0.39 is 30.0 Å². The molecule has 0 aromatic heterocycles. The van der Waals surface area contributed by atoms with E-state index in [4.69, 9.17) is 5.11 Å². The molecule has 0 aliphatic carbocycles. The highest BCUT2D eigenvalue weighted by Gasteiger charge is 2.33. The van der Waals surface area contributed by atoms with Crippen molar-refractivity contribution in [3.63, 3.8) is 0 Å². The lowest BCUT2D eigenvalue weighted by molar-refractivity contribution is -0.147. The highest BCUT2D eigenvalue weighted by atomic mass is 16.4. The van der Waals surface area contributed by atoms with Gasteiger partial charge in [0.15, 0.2) is 0 Å². The number of rotatable bonds is 5. The number of nitrogens with one attached hydrogen (secondary N) is 2. The van der Waals surface area contributed by atoms with Crippen LogP contribution in [-0.2, 0) is 14.4 Å². The Morgan fingerprint density at radius 2 is 2.05 bits per heavy atom. The van der Waals surface area contributed by atoms with Gasteiger partial charge in [0.2, 0.25) is 5.91 Å². The van der Waals surface area contributed by atoms with Gasteiger partial charge in [0.05, 0.1) is 0 Å². The average molecular weight is 299 g/mol. The topological polar surface area (TPSA) is 116 Å². The SMILES string of the molecule is CCC(C)C(NC(=O)NC1CCC(=O)N(C)C1=O)C(=O)O. The Morgan fingerprint density at radius 3 is 2.57 bits per heavy atom. The van der Waals surface area contributed by atoms with Gasteiger partial charge in [0, 0.05) is 13.5 Å². The Hall–Kier alpha value is -2.12. The number of carbonyl (C=O) groups is 4. The van der Waals surface area contributed by atoms with Crippen LogP contribution in [0.15, 0.2) is 0 Å². The maximum atomic E-state index is 11.8. The lowest BCUT2D eigenvalue weighted by atomic mass is 9.99. The number of nitrogens with zero attached hydrogens (tertiary/aromatic N) is 1. The predicted molar refractivity (Wildman–Crippen MR) is 73.3 cm³/mol. The highest BCUT2D eigenvalue weighted by molar-refractivity contribution is 6.01. The minimum absolute atomic E-state index is 0.168. The number of likely N-dealkylation sites (tertiary alicyclic amines) is 1. The van der Waals surface area contributed by atoms with E-state index in [1.165, 1.54) is 7.05 Å². The molecule has 1 heterocycles. The second kappa shape index (κ2) is 7.05. The quantitative estimate of drug-likeness (QED) is 0.615. The van der Waals surface area contributed by atoms with E-state index in [9.17, 15) is 19.2 Å². The van der Waals surface area contributed by atoms with Gasteiger partial charge in [-0.1, -0.05) is 20.3 Å². The van der Waals surface area contributed by atoms with Crippen molar-refractivity contribution in [2.75, 3.05) is 7.05 Å². The molecule has 8 nitrogen and oxygen atoms in total. The van der Waals surface area contributed by atoms with E-state index in [1.54, 1.807) is 6.92 Å². The Labute approximate surface area is 122 Å². The van der Waals surface area contributed by atoms with Gasteiger partial charge < -0.3 is 15.7 Å². The molecular formula is C13H21N3O5. The minimum atomic E-state index is -1.12. The van der Waals surface area contributed by atoms with Crippen LogP contribution >= 0.6 is 0 Å². The summed E-state index contributed by atoms with van der Waals surface area (Å²) in [6.45, 7) is 3.54. The Morgan fingerprint density at radius 1 is 1.43 bits per heavy atom. The van der Waals surface area contributed by atoms with Gasteiger partial charge in [-0.2, -0.15) is 0 Å². The Kier molecular flexibility index (Phi) is 5.69. The molecule has 3 N–H and O–H groups in total. The molecule has 0 aromatic rings. The van der Waals surface area contributed by atoms with Crippen LogP contribution in [0.2, 0.25) is 0 Å². The fraction of sp³-hybridized carbons (Fsp3) is 0.692. The molecule has 0 bridgehead atoms. The number of likely N-dealkylation sites (N-methyl/N-ethyl adjacent to an activating group) is 1. The van der Waals surface area contributed by atoms with Crippen molar-refractivity contribution in [1.82, 2.24) is 15.5 Å². The molecule has 1 saturated heterocycles. The first-order valence-corrected chi connectivity index (χ1v) is 6.88. The molecule has 0 aromatic carbocycles. The number of carboxylic acids is 1. The number of amides is 4. The standard InChI is InChI=1S/C13H21N3O5/c1-4-7(2)10(12(19)20)15-13(21)14-8-5-6-9(17)16(3)11(8)18/h7-8,10H,4-6H2,1-3H3,(H,19,20)(H2,14,15,21). The van der Waals surface area contributed by atoms with Crippen LogP contribution in [0.25, 0.3) is 0 Å². The van der Waals surface area contributed by atoms with Gasteiger partial charge in [-0.25, -0.2) is 9.59 Å². The Balaban J connectivity index is 2.62. The van der Waals surface area contributed by atoms with Crippen molar-refractivity contribution in [3.8, 4) is 0 Å². The highest BCUT2D eigenvalue weighted by Crippen LogP contribution is 2.12. The number of imide groups is 1. The zero-order chi connectivity index (χ0) is 16.2. The zero-order valence-corrected chi connectivity index (χ0v) is 12.4. The third-order valence-corrected chi connectivity index (χ3v) is 3.72. The molecule has 4 amide bonds. The summed E-state index contributed by atoms with van der Waals surface area (Å²) in [5.74, 6) is -2.14. The molecule has 1 fully saturated rings. The molecule has 0 spiro atoms. The number of hydrogen-bond acceptors (Lipinski definition) is 4. The molecule has 118 valence electrons. The molecule has 21 heavy (non-hydrogen) atoms. The molecule has 3 atom stereocenters. The van der Waals surface area contributed by atoms with E-state index in [0.29, 0.717) is 6.42 Å². The zero-order valence-electron chi connectivity index (χ0n) is 12.4. The maximum absolute atomic E-state index is 11.8. The summed E-state index contributed by atoms with van der Waals surface area (Å²) in [5, 5.41) is 13.9. The first-order chi connectivity index (χ1) is 9.77. The number of carbonyl (C=O) groups excluding carboxylic acids is 3. The first-order valence-electron chi connectivity index (χ1n) is 6.88. The summed E-state index contributed by atoms with van der Waals surface area (Å²) in [6, 6.07) is -2.55. The van der Waals surface area contributed by atoms with Gasteiger partial charge in [0.25, 0.3) is 5.91 Å². The predicted octanol–water partition coefficient (Wildman–Crippen LogP) is -0.0677. The van der Waals surface area contributed by atoms with E-state index in [0.717, 1.165) is 4.90 Å². The molecule has 0 radical (unpaired) electrons. The number of piperidine rings is 1. The van der Waals surface area contributed by atoms with Crippen molar-refractivity contribution < 1.29 is 24.3 Å². The van der Waals surface area contributed by atoms with Gasteiger partial charge in [-0.15, -0.1) is 0 Å². The van der Waals surface area contributed by atoms with Gasteiger partial charge >= 0.3 is 12.0 Å². The molecule has 8 heteroatoms. The second-order valence-electron chi connectivity index (χ2n) is 5.20. The van der Waals surface area contributed by atoms with Crippen LogP contribution in [0.4, 0.5) is 4.79 Å². The normalized spacial score (nSPS) is 21.7. The van der Waals surface area contributed by atoms with Crippen LogP contribution in [-0.4, -0.2) is 53.0 Å². The van der Waals surface area contributed by atoms with Crippen molar-refractivity contribution >= 4 is 23.8 Å². The largest absolute Gasteiger partial charge is 0.480 e. The number of urea groups is 1. The van der Waals surface area contributed by atoms with E-state index in [2.05, 4.69) is 10.6 Å². The molecular weight excluding hydrogens is 278 g/mol. The summed E-state index contributed by atoms with van der Waals surface area (Å²) in [5.41, 5.74) is 0. The summed E-state index contributed by atoms with van der Waals surface area (Å²) in [6.07, 6.45) is 0.980.